The molecule has 0 aliphatic heterocycles. The van der Waals surface area contributed by atoms with E-state index in [4.69, 9.17) is 0 Å². The number of rotatable bonds is 3. The van der Waals surface area contributed by atoms with Crippen LogP contribution in [0.5, 0.6) is 0 Å². The zero-order valence-corrected chi connectivity index (χ0v) is 7.17. The maximum absolute atomic E-state index is 4.11. The minimum atomic E-state index is 0.693. The van der Waals surface area contributed by atoms with Crippen LogP contribution in [-0.4, -0.2) is 18.1 Å². The topological polar surface area (TPSA) is 37.0 Å². The lowest BCUT2D eigenvalue weighted by molar-refractivity contribution is 1.14. The van der Waals surface area contributed by atoms with Crippen LogP contribution >= 0.6 is 0 Å². The Morgan fingerprint density at radius 3 is 2.75 bits per heavy atom. The normalized spacial score (nSPS) is 15.8. The average Bonchev–Trinajstić information content (AvgIpc) is 2.89. The first-order chi connectivity index (χ1) is 5.88. The molecule has 64 valence electrons. The van der Waals surface area contributed by atoms with Gasteiger partial charge in [0, 0.05) is 13.1 Å². The van der Waals surface area contributed by atoms with Crippen LogP contribution in [0.15, 0.2) is 18.5 Å². The number of aromatic nitrogens is 1. The minimum Gasteiger partial charge on any atom is -0.387 e. The lowest BCUT2D eigenvalue weighted by Gasteiger charge is -2.05. The third-order valence-corrected chi connectivity index (χ3v) is 1.98. The van der Waals surface area contributed by atoms with Crippen molar-refractivity contribution in [1.82, 2.24) is 4.98 Å². The first-order valence-corrected chi connectivity index (χ1v) is 4.28. The maximum Gasteiger partial charge on any atom is 0.0549 e. The summed E-state index contributed by atoms with van der Waals surface area (Å²) >= 11 is 0. The molecule has 1 aliphatic carbocycles. The summed E-state index contributed by atoms with van der Waals surface area (Å²) < 4.78 is 0. The molecule has 3 heteroatoms. The van der Waals surface area contributed by atoms with E-state index in [1.807, 2.05) is 19.4 Å². The summed E-state index contributed by atoms with van der Waals surface area (Å²) in [7, 11) is 1.90. The van der Waals surface area contributed by atoms with Gasteiger partial charge in [-0.05, 0) is 18.9 Å². The van der Waals surface area contributed by atoms with Gasteiger partial charge < -0.3 is 10.6 Å². The highest BCUT2D eigenvalue weighted by atomic mass is 15.0. The molecule has 12 heavy (non-hydrogen) atoms. The Bertz CT molecular complexity index is 268. The van der Waals surface area contributed by atoms with E-state index >= 15 is 0 Å². The highest BCUT2D eigenvalue weighted by Gasteiger charge is 2.20. The Kier molecular flexibility index (Phi) is 1.86. The van der Waals surface area contributed by atoms with Gasteiger partial charge in [0.25, 0.3) is 0 Å². The molecule has 0 amide bonds. The van der Waals surface area contributed by atoms with E-state index < -0.39 is 0 Å². The Morgan fingerprint density at radius 2 is 2.08 bits per heavy atom. The Morgan fingerprint density at radius 1 is 1.33 bits per heavy atom. The zero-order chi connectivity index (χ0) is 8.39. The van der Waals surface area contributed by atoms with E-state index in [1.165, 1.54) is 12.8 Å². The molecule has 2 N–H and O–H groups in total. The first kappa shape index (κ1) is 7.40. The number of hydrogen-bond donors (Lipinski definition) is 2. The molecule has 1 aromatic rings. The first-order valence-electron chi connectivity index (χ1n) is 4.28. The van der Waals surface area contributed by atoms with E-state index in [0.29, 0.717) is 6.04 Å². The van der Waals surface area contributed by atoms with Crippen LogP contribution in [0, 0.1) is 0 Å². The SMILES string of the molecule is CNc1cncc(NC2CC2)c1. The summed E-state index contributed by atoms with van der Waals surface area (Å²) in [6.07, 6.45) is 6.27. The predicted molar refractivity (Wildman–Crippen MR) is 50.4 cm³/mol. The van der Waals surface area contributed by atoms with Crippen LogP contribution in [-0.2, 0) is 0 Å². The van der Waals surface area contributed by atoms with Crippen molar-refractivity contribution in [1.29, 1.82) is 0 Å². The molecule has 3 nitrogen and oxygen atoms in total. The van der Waals surface area contributed by atoms with Gasteiger partial charge >= 0.3 is 0 Å². The molecule has 1 aromatic heterocycles. The molecule has 0 spiro atoms. The fourth-order valence-electron chi connectivity index (χ4n) is 1.12. The summed E-state index contributed by atoms with van der Waals surface area (Å²) in [5.74, 6) is 0. The molecule has 1 fully saturated rings. The molecule has 0 bridgehead atoms. The van der Waals surface area contributed by atoms with E-state index in [-0.39, 0.29) is 0 Å². The number of nitrogens with zero attached hydrogens (tertiary/aromatic N) is 1. The fraction of sp³-hybridized carbons (Fsp3) is 0.444. The van der Waals surface area contributed by atoms with E-state index in [2.05, 4.69) is 21.7 Å². The van der Waals surface area contributed by atoms with Crippen molar-refractivity contribution in [3.63, 3.8) is 0 Å². The van der Waals surface area contributed by atoms with E-state index in [9.17, 15) is 0 Å². The largest absolute Gasteiger partial charge is 0.387 e. The third kappa shape index (κ3) is 1.67. The number of nitrogens with one attached hydrogen (secondary N) is 2. The molecule has 0 saturated heterocycles. The molecule has 0 atom stereocenters. The van der Waals surface area contributed by atoms with E-state index in [1.54, 1.807) is 0 Å². The van der Waals surface area contributed by atoms with E-state index in [0.717, 1.165) is 11.4 Å². The molecular formula is C9H13N3. The molecule has 1 aliphatic rings. The monoisotopic (exact) mass is 163 g/mol. The Labute approximate surface area is 72.2 Å². The summed E-state index contributed by atoms with van der Waals surface area (Å²) in [5.41, 5.74) is 2.17. The van der Waals surface area contributed by atoms with Crippen LogP contribution in [0.25, 0.3) is 0 Å². The third-order valence-electron chi connectivity index (χ3n) is 1.98. The van der Waals surface area contributed by atoms with Gasteiger partial charge in [-0.2, -0.15) is 0 Å². The standard InChI is InChI=1S/C9H13N3/c1-10-8-4-9(6-11-5-8)12-7-2-3-7/h4-7,10,12H,2-3H2,1H3. The van der Waals surface area contributed by atoms with Crippen LogP contribution in [0.4, 0.5) is 11.4 Å². The van der Waals surface area contributed by atoms with Gasteiger partial charge in [-0.1, -0.05) is 0 Å². The van der Waals surface area contributed by atoms with Gasteiger partial charge in [-0.25, -0.2) is 0 Å². The fourth-order valence-corrected chi connectivity index (χ4v) is 1.12. The summed E-state index contributed by atoms with van der Waals surface area (Å²) in [5, 5.41) is 6.45. The van der Waals surface area contributed by atoms with Crippen LogP contribution in [0.1, 0.15) is 12.8 Å². The smallest absolute Gasteiger partial charge is 0.0549 e. The molecule has 0 unspecified atom stereocenters. The number of pyridine rings is 1. The van der Waals surface area contributed by atoms with Gasteiger partial charge in [0.05, 0.1) is 23.8 Å². The summed E-state index contributed by atoms with van der Waals surface area (Å²) in [4.78, 5) is 4.11. The van der Waals surface area contributed by atoms with Gasteiger partial charge in [-0.3, -0.25) is 4.98 Å². The van der Waals surface area contributed by atoms with Crippen LogP contribution in [0.2, 0.25) is 0 Å². The van der Waals surface area contributed by atoms with Gasteiger partial charge in [0.2, 0.25) is 0 Å². The Hall–Kier alpha value is -1.25. The van der Waals surface area contributed by atoms with Gasteiger partial charge in [-0.15, -0.1) is 0 Å². The lowest BCUT2D eigenvalue weighted by Crippen LogP contribution is -2.01. The number of hydrogen-bond acceptors (Lipinski definition) is 3. The van der Waals surface area contributed by atoms with Crippen molar-refractivity contribution >= 4 is 11.4 Å². The molecule has 0 radical (unpaired) electrons. The molecule has 2 rings (SSSR count). The van der Waals surface area contributed by atoms with Crippen LogP contribution in [0.3, 0.4) is 0 Å². The highest BCUT2D eigenvalue weighted by Crippen LogP contribution is 2.25. The summed E-state index contributed by atoms with van der Waals surface area (Å²) in [6, 6.07) is 2.77. The number of anilines is 2. The highest BCUT2D eigenvalue weighted by molar-refractivity contribution is 5.54. The maximum atomic E-state index is 4.11. The minimum absolute atomic E-state index is 0.693. The Balaban J connectivity index is 2.08. The van der Waals surface area contributed by atoms with Crippen molar-refractivity contribution in [2.45, 2.75) is 18.9 Å². The molecule has 1 saturated carbocycles. The van der Waals surface area contributed by atoms with Crippen LogP contribution < -0.4 is 10.6 Å². The van der Waals surface area contributed by atoms with Gasteiger partial charge in [0.1, 0.15) is 0 Å². The predicted octanol–water partition coefficient (Wildman–Crippen LogP) is 1.70. The average molecular weight is 163 g/mol. The van der Waals surface area contributed by atoms with Crippen molar-refractivity contribution in [2.24, 2.45) is 0 Å². The zero-order valence-electron chi connectivity index (χ0n) is 7.17. The lowest BCUT2D eigenvalue weighted by atomic mass is 10.3. The van der Waals surface area contributed by atoms with Crippen molar-refractivity contribution in [3.05, 3.63) is 18.5 Å². The van der Waals surface area contributed by atoms with Crippen molar-refractivity contribution in [3.8, 4) is 0 Å². The second-order valence-corrected chi connectivity index (χ2v) is 3.13. The molecule has 0 aromatic carbocycles. The van der Waals surface area contributed by atoms with Gasteiger partial charge in [0.15, 0.2) is 0 Å². The second-order valence-electron chi connectivity index (χ2n) is 3.13. The molecular weight excluding hydrogens is 150 g/mol. The van der Waals surface area contributed by atoms with Crippen molar-refractivity contribution in [2.75, 3.05) is 17.7 Å². The second kappa shape index (κ2) is 3.01. The van der Waals surface area contributed by atoms with Crippen molar-refractivity contribution < 1.29 is 0 Å². The quantitative estimate of drug-likeness (QED) is 0.712. The summed E-state index contributed by atoms with van der Waals surface area (Å²) in [6.45, 7) is 0. The molecule has 1 heterocycles.